The van der Waals surface area contributed by atoms with Crippen LogP contribution in [0.25, 0.3) is 17.0 Å². The summed E-state index contributed by atoms with van der Waals surface area (Å²) in [4.78, 5) is 31.3. The van der Waals surface area contributed by atoms with Gasteiger partial charge in [0.15, 0.2) is 23.4 Å². The highest BCUT2D eigenvalue weighted by atomic mass is 16.5. The minimum atomic E-state index is -0.708. The third-order valence-corrected chi connectivity index (χ3v) is 4.13. The number of carbonyl (C=O) groups is 1. The Morgan fingerprint density at radius 2 is 1.86 bits per heavy atom. The number of nitrogens with one attached hydrogen (secondary N) is 1. The lowest BCUT2D eigenvalue weighted by Crippen LogP contribution is -2.16. The third kappa shape index (κ3) is 4.20. The van der Waals surface area contributed by atoms with E-state index in [2.05, 4.69) is 9.97 Å². The maximum absolute atomic E-state index is 12.1. The summed E-state index contributed by atoms with van der Waals surface area (Å²) >= 11 is 0. The van der Waals surface area contributed by atoms with Crippen LogP contribution in [0.5, 0.6) is 11.5 Å². The minimum absolute atomic E-state index is 0.274. The van der Waals surface area contributed by atoms with Crippen molar-refractivity contribution in [2.45, 2.75) is 13.0 Å². The summed E-state index contributed by atoms with van der Waals surface area (Å²) in [5, 5.41) is 0.484. The summed E-state index contributed by atoms with van der Waals surface area (Å²) in [6.45, 7) is 1.65. The van der Waals surface area contributed by atoms with Gasteiger partial charge in [-0.2, -0.15) is 0 Å². The predicted molar refractivity (Wildman–Crippen MR) is 105 cm³/mol. The van der Waals surface area contributed by atoms with Crippen LogP contribution in [0.4, 0.5) is 0 Å². The van der Waals surface area contributed by atoms with Crippen LogP contribution in [0.15, 0.2) is 53.3 Å². The molecule has 3 rings (SSSR count). The number of carbonyl (C=O) groups excluding carboxylic acids is 1. The van der Waals surface area contributed by atoms with E-state index >= 15 is 0 Å². The molecule has 0 aliphatic heterocycles. The van der Waals surface area contributed by atoms with Crippen molar-refractivity contribution in [1.29, 1.82) is 0 Å². The second-order valence-electron chi connectivity index (χ2n) is 6.00. The number of aromatic nitrogens is 2. The second kappa shape index (κ2) is 8.39. The maximum Gasteiger partial charge on any atom is 0.331 e. The molecule has 144 valence electrons. The average molecular weight is 380 g/mol. The number of hydrogen-bond donors (Lipinski definition) is 1. The van der Waals surface area contributed by atoms with Gasteiger partial charge in [0.1, 0.15) is 0 Å². The number of methoxy groups -OCH3 is 2. The first-order valence-electron chi connectivity index (χ1n) is 8.61. The van der Waals surface area contributed by atoms with Crippen molar-refractivity contribution in [3.63, 3.8) is 0 Å². The lowest BCUT2D eigenvalue weighted by molar-refractivity contribution is -0.142. The van der Waals surface area contributed by atoms with Gasteiger partial charge in [-0.05, 0) is 42.8 Å². The summed E-state index contributed by atoms with van der Waals surface area (Å²) in [7, 11) is 3.09. The van der Waals surface area contributed by atoms with Crippen LogP contribution in [-0.2, 0) is 9.53 Å². The Kier molecular flexibility index (Phi) is 5.74. The molecule has 28 heavy (non-hydrogen) atoms. The maximum atomic E-state index is 12.1. The molecule has 1 atom stereocenters. The zero-order valence-corrected chi connectivity index (χ0v) is 15.8. The van der Waals surface area contributed by atoms with E-state index in [1.165, 1.54) is 6.08 Å². The molecule has 1 N–H and O–H groups in total. The Labute approximate surface area is 161 Å². The number of esters is 1. The Morgan fingerprint density at radius 1 is 1.11 bits per heavy atom. The fourth-order valence-electron chi connectivity index (χ4n) is 2.69. The average Bonchev–Trinajstić information content (AvgIpc) is 2.71. The van der Waals surface area contributed by atoms with Crippen molar-refractivity contribution in [3.8, 4) is 11.5 Å². The van der Waals surface area contributed by atoms with E-state index in [4.69, 9.17) is 14.2 Å². The molecule has 0 amide bonds. The molecule has 0 aliphatic carbocycles. The van der Waals surface area contributed by atoms with Crippen LogP contribution in [0, 0.1) is 0 Å². The SMILES string of the molecule is COc1ccc(/C=C/C(=O)O[C@H](C)c2nc3ccccc3c(=O)[nH]2)cc1OC. The van der Waals surface area contributed by atoms with Gasteiger partial charge in [0.2, 0.25) is 0 Å². The van der Waals surface area contributed by atoms with Gasteiger partial charge >= 0.3 is 5.97 Å². The number of para-hydroxylation sites is 1. The quantitative estimate of drug-likeness (QED) is 0.521. The van der Waals surface area contributed by atoms with Crippen molar-refractivity contribution >= 4 is 22.9 Å². The van der Waals surface area contributed by atoms with Crippen LogP contribution in [-0.4, -0.2) is 30.2 Å². The molecule has 3 aromatic rings. The fourth-order valence-corrected chi connectivity index (χ4v) is 2.69. The summed E-state index contributed by atoms with van der Waals surface area (Å²) in [6, 6.07) is 12.3. The van der Waals surface area contributed by atoms with Crippen molar-refractivity contribution in [2.24, 2.45) is 0 Å². The predicted octanol–water partition coefficient (Wildman–Crippen LogP) is 3.26. The van der Waals surface area contributed by atoms with Gasteiger partial charge in [-0.15, -0.1) is 0 Å². The largest absolute Gasteiger partial charge is 0.493 e. The molecule has 2 aromatic carbocycles. The molecule has 0 fully saturated rings. The van der Waals surface area contributed by atoms with Gasteiger partial charge in [0.25, 0.3) is 5.56 Å². The first kappa shape index (κ1) is 19.2. The molecule has 0 radical (unpaired) electrons. The number of rotatable bonds is 6. The zero-order chi connectivity index (χ0) is 20.1. The lowest BCUT2D eigenvalue weighted by atomic mass is 10.2. The van der Waals surface area contributed by atoms with E-state index in [1.54, 1.807) is 69.7 Å². The highest BCUT2D eigenvalue weighted by Crippen LogP contribution is 2.28. The van der Waals surface area contributed by atoms with Crippen LogP contribution in [0.1, 0.15) is 24.4 Å². The number of hydrogen-bond acceptors (Lipinski definition) is 6. The summed E-state index contributed by atoms with van der Waals surface area (Å²) < 4.78 is 15.8. The molecular weight excluding hydrogens is 360 g/mol. The first-order chi connectivity index (χ1) is 13.5. The third-order valence-electron chi connectivity index (χ3n) is 4.13. The minimum Gasteiger partial charge on any atom is -0.493 e. The number of benzene rings is 2. The van der Waals surface area contributed by atoms with Gasteiger partial charge in [-0.1, -0.05) is 18.2 Å². The van der Waals surface area contributed by atoms with Gasteiger partial charge in [-0.25, -0.2) is 9.78 Å². The summed E-state index contributed by atoms with van der Waals surface area (Å²) in [5.74, 6) is 0.890. The molecule has 0 saturated heterocycles. The van der Waals surface area contributed by atoms with E-state index in [0.29, 0.717) is 22.4 Å². The van der Waals surface area contributed by atoms with Crippen molar-refractivity contribution < 1.29 is 19.0 Å². The van der Waals surface area contributed by atoms with Crippen molar-refractivity contribution in [3.05, 3.63) is 70.3 Å². The highest BCUT2D eigenvalue weighted by molar-refractivity contribution is 5.87. The monoisotopic (exact) mass is 380 g/mol. The van der Waals surface area contributed by atoms with Gasteiger partial charge in [0.05, 0.1) is 25.1 Å². The molecule has 0 unspecified atom stereocenters. The van der Waals surface area contributed by atoms with E-state index in [-0.39, 0.29) is 11.4 Å². The van der Waals surface area contributed by atoms with Gasteiger partial charge in [-0.3, -0.25) is 4.79 Å². The number of H-pyrrole nitrogens is 1. The Bertz CT molecular complexity index is 1090. The van der Waals surface area contributed by atoms with Gasteiger partial charge in [0, 0.05) is 6.08 Å². The summed E-state index contributed by atoms with van der Waals surface area (Å²) in [5.41, 5.74) is 1.02. The Hall–Kier alpha value is -3.61. The highest BCUT2D eigenvalue weighted by Gasteiger charge is 2.14. The second-order valence-corrected chi connectivity index (χ2v) is 6.00. The fraction of sp³-hybridized carbons (Fsp3) is 0.190. The molecule has 7 nitrogen and oxygen atoms in total. The molecule has 7 heteroatoms. The van der Waals surface area contributed by atoms with E-state index in [1.807, 2.05) is 0 Å². The molecule has 1 heterocycles. The summed E-state index contributed by atoms with van der Waals surface area (Å²) in [6.07, 6.45) is 2.20. The van der Waals surface area contributed by atoms with Gasteiger partial charge < -0.3 is 19.2 Å². The van der Waals surface area contributed by atoms with Crippen LogP contribution in [0.3, 0.4) is 0 Å². The van der Waals surface area contributed by atoms with E-state index in [9.17, 15) is 9.59 Å². The molecular formula is C21H20N2O5. The normalized spacial score (nSPS) is 12.1. The Balaban J connectivity index is 1.72. The lowest BCUT2D eigenvalue weighted by Gasteiger charge is -2.11. The first-order valence-corrected chi connectivity index (χ1v) is 8.61. The van der Waals surface area contributed by atoms with Crippen molar-refractivity contribution in [2.75, 3.05) is 14.2 Å². The molecule has 1 aromatic heterocycles. The zero-order valence-electron chi connectivity index (χ0n) is 15.8. The number of aromatic amines is 1. The topological polar surface area (TPSA) is 90.5 Å². The molecule has 0 spiro atoms. The number of nitrogens with zero attached hydrogens (tertiary/aromatic N) is 1. The van der Waals surface area contributed by atoms with Crippen LogP contribution < -0.4 is 15.0 Å². The standard InChI is InChI=1S/C21H20N2O5/c1-13(20-22-16-7-5-4-6-15(16)21(25)23-20)28-19(24)11-9-14-8-10-17(26-2)18(12-14)27-3/h4-13H,1-3H3,(H,22,23,25)/b11-9+/t13-/m1/s1. The van der Waals surface area contributed by atoms with E-state index in [0.717, 1.165) is 5.56 Å². The smallest absolute Gasteiger partial charge is 0.331 e. The Morgan fingerprint density at radius 3 is 2.61 bits per heavy atom. The number of fused-ring (bicyclic) bond motifs is 1. The van der Waals surface area contributed by atoms with E-state index < -0.39 is 12.1 Å². The molecule has 0 bridgehead atoms. The number of ether oxygens (including phenoxy) is 3. The molecule has 0 aliphatic rings. The van der Waals surface area contributed by atoms with Crippen LogP contribution in [0.2, 0.25) is 0 Å². The van der Waals surface area contributed by atoms with Crippen LogP contribution >= 0.6 is 0 Å². The molecule has 0 saturated carbocycles. The van der Waals surface area contributed by atoms with Crippen molar-refractivity contribution in [1.82, 2.24) is 9.97 Å².